The van der Waals surface area contributed by atoms with E-state index >= 15 is 0 Å². The molecular weight excluding hydrogens is 578 g/mol. The Balaban J connectivity index is 1.04. The van der Waals surface area contributed by atoms with Gasteiger partial charge in [-0.15, -0.1) is 0 Å². The number of ether oxygens (including phenoxy) is 1. The molecule has 46 heavy (non-hydrogen) atoms. The minimum atomic E-state index is -0.445. The summed E-state index contributed by atoms with van der Waals surface area (Å²) in [4.78, 5) is 37.0. The van der Waals surface area contributed by atoms with Gasteiger partial charge < -0.3 is 9.64 Å². The lowest BCUT2D eigenvalue weighted by atomic mass is 9.96. The van der Waals surface area contributed by atoms with Gasteiger partial charge in [-0.3, -0.25) is 18.8 Å². The van der Waals surface area contributed by atoms with Crippen LogP contribution in [0.1, 0.15) is 78.9 Å². The predicted molar refractivity (Wildman–Crippen MR) is 172 cm³/mol. The van der Waals surface area contributed by atoms with E-state index in [4.69, 9.17) is 4.74 Å². The number of benzene rings is 2. The minimum Gasteiger partial charge on any atom is -0.443 e. The number of anilines is 1. The third kappa shape index (κ3) is 5.42. The highest BCUT2D eigenvalue weighted by Gasteiger charge is 2.29. The number of rotatable bonds is 10. The van der Waals surface area contributed by atoms with Crippen molar-refractivity contribution >= 4 is 28.6 Å². The molecule has 0 radical (unpaired) electrons. The van der Waals surface area contributed by atoms with Crippen LogP contribution >= 0.6 is 0 Å². The van der Waals surface area contributed by atoms with E-state index in [0.29, 0.717) is 31.0 Å². The Hall–Kier alpha value is -5.30. The zero-order chi connectivity index (χ0) is 31.6. The van der Waals surface area contributed by atoms with E-state index in [1.807, 2.05) is 78.6 Å². The van der Waals surface area contributed by atoms with E-state index < -0.39 is 5.92 Å². The summed E-state index contributed by atoms with van der Waals surface area (Å²) < 4.78 is 9.54. The molecule has 1 aliphatic heterocycles. The van der Waals surface area contributed by atoms with Gasteiger partial charge in [-0.1, -0.05) is 50.1 Å². The summed E-state index contributed by atoms with van der Waals surface area (Å²) in [7, 11) is 0. The van der Waals surface area contributed by atoms with Crippen molar-refractivity contribution < 1.29 is 14.3 Å². The molecule has 10 nitrogen and oxygen atoms in total. The van der Waals surface area contributed by atoms with Gasteiger partial charge in [0.05, 0.1) is 42.9 Å². The Morgan fingerprint density at radius 2 is 1.89 bits per heavy atom. The molecule has 0 bridgehead atoms. The molecular formula is C36H35N7O3. The van der Waals surface area contributed by atoms with Crippen molar-refractivity contribution in [1.82, 2.24) is 24.3 Å². The second kappa shape index (κ2) is 12.6. The summed E-state index contributed by atoms with van der Waals surface area (Å²) in [6.45, 7) is 2.51. The van der Waals surface area contributed by atoms with Crippen molar-refractivity contribution in [1.29, 1.82) is 5.26 Å². The van der Waals surface area contributed by atoms with Gasteiger partial charge in [0.2, 0.25) is 0 Å². The summed E-state index contributed by atoms with van der Waals surface area (Å²) in [6, 6.07) is 19.6. The average Bonchev–Trinajstić information content (AvgIpc) is 3.91. The second-order valence-electron chi connectivity index (χ2n) is 12.1. The third-order valence-electron chi connectivity index (χ3n) is 9.48. The van der Waals surface area contributed by atoms with Gasteiger partial charge in [-0.25, -0.2) is 9.97 Å². The zero-order valence-electron chi connectivity index (χ0n) is 25.7. The van der Waals surface area contributed by atoms with Gasteiger partial charge in [0.25, 0.3) is 5.91 Å². The first kappa shape index (κ1) is 29.4. The quantitative estimate of drug-likeness (QED) is 0.159. The van der Waals surface area contributed by atoms with Crippen LogP contribution in [-0.4, -0.2) is 36.2 Å². The zero-order valence-corrected chi connectivity index (χ0v) is 25.7. The number of fused-ring (bicyclic) bond motifs is 2. The van der Waals surface area contributed by atoms with Gasteiger partial charge in [-0.05, 0) is 60.6 Å². The second-order valence-corrected chi connectivity index (χ2v) is 12.1. The molecule has 0 N–H and O–H groups in total. The Morgan fingerprint density at radius 3 is 2.65 bits per heavy atom. The lowest BCUT2D eigenvalue weighted by molar-refractivity contribution is -0.149. The Bertz CT molecular complexity index is 1930. The molecule has 1 amide bonds. The number of amides is 1. The van der Waals surface area contributed by atoms with Crippen molar-refractivity contribution in [3.63, 3.8) is 0 Å². The van der Waals surface area contributed by atoms with E-state index in [1.54, 1.807) is 15.7 Å². The highest BCUT2D eigenvalue weighted by atomic mass is 16.5. The van der Waals surface area contributed by atoms with Crippen LogP contribution in [0.15, 0.2) is 79.5 Å². The van der Waals surface area contributed by atoms with Crippen molar-refractivity contribution in [2.45, 2.75) is 70.7 Å². The first-order chi connectivity index (χ1) is 22.6. The van der Waals surface area contributed by atoms with Gasteiger partial charge in [0.1, 0.15) is 12.0 Å². The monoisotopic (exact) mass is 613 g/mol. The molecule has 232 valence electrons. The Kier molecular flexibility index (Phi) is 8.06. The van der Waals surface area contributed by atoms with Gasteiger partial charge in [0, 0.05) is 34.6 Å². The molecule has 4 heterocycles. The SMILES string of the molecule is CCC(C(=O)OCn1ccc2c(-c3cnn([C@H](CC#N)C4CCCC4)c3)ncnc21)c1ccc(N2Cc3ccccc3C2=O)cc1. The van der Waals surface area contributed by atoms with Crippen molar-refractivity contribution in [2.75, 3.05) is 4.90 Å². The number of carbonyl (C=O) groups is 2. The molecule has 7 rings (SSSR count). The highest BCUT2D eigenvalue weighted by Crippen LogP contribution is 2.37. The third-order valence-corrected chi connectivity index (χ3v) is 9.48. The maximum absolute atomic E-state index is 13.3. The standard InChI is InChI=1S/C36H35N7O3/c1-2-29(24-11-13-28(14-12-24)42-20-26-9-5-6-10-30(26)35(42)44)36(45)46-23-41-18-16-31-33(38-22-39-34(31)41)27-19-40-43(21-27)32(15-17-37)25-7-3-4-8-25/h5-6,9-14,16,18-19,21-22,25,29,32H,2-4,7-8,15,20,23H2,1H3/t29?,32-/m1/s1. The molecule has 1 saturated carbocycles. The number of hydrogen-bond donors (Lipinski definition) is 0. The topological polar surface area (TPSA) is 119 Å². The smallest absolute Gasteiger partial charge is 0.315 e. The number of hydrogen-bond acceptors (Lipinski definition) is 7. The predicted octanol–water partition coefficient (Wildman–Crippen LogP) is 6.79. The van der Waals surface area contributed by atoms with Gasteiger partial charge in [0.15, 0.2) is 6.73 Å². The van der Waals surface area contributed by atoms with Crippen LogP contribution in [0, 0.1) is 17.2 Å². The molecule has 10 heteroatoms. The largest absolute Gasteiger partial charge is 0.443 e. The summed E-state index contributed by atoms with van der Waals surface area (Å²) in [5.74, 6) is -0.320. The Morgan fingerprint density at radius 1 is 1.09 bits per heavy atom. The first-order valence-corrected chi connectivity index (χ1v) is 15.9. The lowest BCUT2D eigenvalue weighted by Gasteiger charge is -2.21. The Labute approximate surface area is 267 Å². The molecule has 2 atom stereocenters. The van der Waals surface area contributed by atoms with E-state index in [2.05, 4.69) is 21.1 Å². The number of nitrogens with zero attached hydrogens (tertiary/aromatic N) is 7. The van der Waals surface area contributed by atoms with E-state index in [9.17, 15) is 14.9 Å². The van der Waals surface area contributed by atoms with E-state index in [0.717, 1.165) is 51.9 Å². The minimum absolute atomic E-state index is 0.0122. The molecule has 5 aromatic rings. The average molecular weight is 614 g/mol. The molecule has 2 aromatic carbocycles. The van der Waals surface area contributed by atoms with Crippen LogP contribution in [0.25, 0.3) is 22.3 Å². The van der Waals surface area contributed by atoms with Crippen LogP contribution in [0.2, 0.25) is 0 Å². The molecule has 0 spiro atoms. The fourth-order valence-corrected chi connectivity index (χ4v) is 7.01. The van der Waals surface area contributed by atoms with Crippen molar-refractivity contribution in [3.05, 3.63) is 96.2 Å². The maximum atomic E-state index is 13.3. The number of nitriles is 1. The molecule has 3 aromatic heterocycles. The highest BCUT2D eigenvalue weighted by molar-refractivity contribution is 6.10. The van der Waals surface area contributed by atoms with Crippen LogP contribution in [-0.2, 0) is 22.8 Å². The summed E-state index contributed by atoms with van der Waals surface area (Å²) in [5.41, 5.74) is 5.64. The van der Waals surface area contributed by atoms with E-state index in [1.165, 1.54) is 19.2 Å². The molecule has 0 saturated heterocycles. The fourth-order valence-electron chi connectivity index (χ4n) is 7.01. The molecule has 2 aliphatic rings. The molecule has 1 aliphatic carbocycles. The van der Waals surface area contributed by atoms with Crippen molar-refractivity contribution in [2.24, 2.45) is 5.92 Å². The van der Waals surface area contributed by atoms with Crippen LogP contribution in [0.3, 0.4) is 0 Å². The normalized spacial score (nSPS) is 16.0. The van der Waals surface area contributed by atoms with Crippen LogP contribution < -0.4 is 4.90 Å². The van der Waals surface area contributed by atoms with Crippen LogP contribution in [0.5, 0.6) is 0 Å². The van der Waals surface area contributed by atoms with Gasteiger partial charge in [-0.2, -0.15) is 10.4 Å². The number of aromatic nitrogens is 5. The van der Waals surface area contributed by atoms with E-state index in [-0.39, 0.29) is 24.6 Å². The maximum Gasteiger partial charge on any atom is 0.315 e. The summed E-state index contributed by atoms with van der Waals surface area (Å²) in [6.07, 6.45) is 12.8. The first-order valence-electron chi connectivity index (χ1n) is 15.9. The van der Waals surface area contributed by atoms with Gasteiger partial charge >= 0.3 is 5.97 Å². The molecule has 1 unspecified atom stereocenters. The molecule has 1 fully saturated rings. The fraction of sp³-hybridized carbons (Fsp3) is 0.333. The number of esters is 1. The van der Waals surface area contributed by atoms with Crippen LogP contribution in [0.4, 0.5) is 5.69 Å². The number of carbonyl (C=O) groups excluding carboxylic acids is 2. The van der Waals surface area contributed by atoms with Crippen molar-refractivity contribution in [3.8, 4) is 17.3 Å². The summed E-state index contributed by atoms with van der Waals surface area (Å²) >= 11 is 0. The summed E-state index contributed by atoms with van der Waals surface area (Å²) in [5, 5.41) is 14.9. The lowest BCUT2D eigenvalue weighted by Crippen LogP contribution is -2.23.